The summed E-state index contributed by atoms with van der Waals surface area (Å²) in [5.41, 5.74) is 0.542. The SMILES string of the molecule is CCNC(C1CCCCC1CC)C1CCCCC1(C)C. The molecule has 0 aromatic carbocycles. The lowest BCUT2D eigenvalue weighted by Crippen LogP contribution is -2.51. The van der Waals surface area contributed by atoms with Gasteiger partial charge >= 0.3 is 0 Å². The minimum atomic E-state index is 0.542. The molecule has 1 nitrogen and oxygen atoms in total. The fraction of sp³-hybridized carbons (Fsp3) is 1.00. The van der Waals surface area contributed by atoms with Gasteiger partial charge in [-0.05, 0) is 49.0 Å². The second-order valence-electron chi connectivity index (χ2n) is 8.04. The highest BCUT2D eigenvalue weighted by Gasteiger charge is 2.42. The summed E-state index contributed by atoms with van der Waals surface area (Å²) < 4.78 is 0. The highest BCUT2D eigenvalue weighted by Crippen LogP contribution is 2.47. The first-order valence-electron chi connectivity index (χ1n) is 9.33. The number of hydrogen-bond acceptors (Lipinski definition) is 1. The van der Waals surface area contributed by atoms with Gasteiger partial charge < -0.3 is 5.32 Å². The van der Waals surface area contributed by atoms with Gasteiger partial charge in [0.1, 0.15) is 0 Å². The summed E-state index contributed by atoms with van der Waals surface area (Å²) in [6, 6.07) is 0.778. The second-order valence-corrected chi connectivity index (χ2v) is 8.04. The molecule has 0 aromatic rings. The molecule has 0 saturated heterocycles. The van der Waals surface area contributed by atoms with Crippen molar-refractivity contribution in [2.75, 3.05) is 6.54 Å². The number of nitrogens with one attached hydrogen (secondary N) is 1. The van der Waals surface area contributed by atoms with Gasteiger partial charge in [0.25, 0.3) is 0 Å². The Bertz CT molecular complexity index is 283. The molecule has 0 heterocycles. The first-order valence-corrected chi connectivity index (χ1v) is 9.33. The minimum Gasteiger partial charge on any atom is -0.314 e. The monoisotopic (exact) mass is 279 g/mol. The van der Waals surface area contributed by atoms with E-state index in [1.54, 1.807) is 0 Å². The van der Waals surface area contributed by atoms with Crippen LogP contribution in [-0.4, -0.2) is 12.6 Å². The molecule has 1 N–H and O–H groups in total. The van der Waals surface area contributed by atoms with Crippen LogP contribution in [0, 0.1) is 23.2 Å². The van der Waals surface area contributed by atoms with E-state index in [2.05, 4.69) is 33.0 Å². The van der Waals surface area contributed by atoms with Crippen molar-refractivity contribution in [1.29, 1.82) is 0 Å². The Kier molecular flexibility index (Phi) is 5.95. The van der Waals surface area contributed by atoms with Crippen LogP contribution in [0.1, 0.15) is 85.5 Å². The molecular weight excluding hydrogens is 242 g/mol. The normalized spacial score (nSPS) is 35.7. The first kappa shape index (κ1) is 16.3. The fourth-order valence-electron chi connectivity index (χ4n) is 5.23. The van der Waals surface area contributed by atoms with Crippen LogP contribution < -0.4 is 5.32 Å². The van der Waals surface area contributed by atoms with Crippen LogP contribution in [0.2, 0.25) is 0 Å². The van der Waals surface area contributed by atoms with E-state index in [1.165, 1.54) is 57.8 Å². The molecule has 0 amide bonds. The molecule has 0 aliphatic heterocycles. The van der Waals surface area contributed by atoms with E-state index in [-0.39, 0.29) is 0 Å². The van der Waals surface area contributed by atoms with Crippen LogP contribution in [0.5, 0.6) is 0 Å². The predicted octanol–water partition coefficient (Wildman–Crippen LogP) is 5.40. The molecule has 2 aliphatic rings. The van der Waals surface area contributed by atoms with Gasteiger partial charge in [-0.15, -0.1) is 0 Å². The zero-order chi connectivity index (χ0) is 14.6. The smallest absolute Gasteiger partial charge is 0.0131 e. The van der Waals surface area contributed by atoms with Crippen molar-refractivity contribution >= 4 is 0 Å². The Balaban J connectivity index is 2.15. The van der Waals surface area contributed by atoms with Crippen molar-refractivity contribution < 1.29 is 0 Å². The van der Waals surface area contributed by atoms with Crippen molar-refractivity contribution in [3.05, 3.63) is 0 Å². The number of hydrogen-bond donors (Lipinski definition) is 1. The van der Waals surface area contributed by atoms with Gasteiger partial charge in [-0.25, -0.2) is 0 Å². The lowest BCUT2D eigenvalue weighted by atomic mass is 9.60. The summed E-state index contributed by atoms with van der Waals surface area (Å²) in [6.45, 7) is 10.9. The summed E-state index contributed by atoms with van der Waals surface area (Å²) in [4.78, 5) is 0. The lowest BCUT2D eigenvalue weighted by Gasteiger charge is -2.49. The third-order valence-corrected chi connectivity index (χ3v) is 6.42. The average Bonchev–Trinajstić information content (AvgIpc) is 2.45. The predicted molar refractivity (Wildman–Crippen MR) is 88.9 cm³/mol. The standard InChI is InChI=1S/C19H37N/c1-5-15-11-7-8-12-16(15)18(20-6-2)17-13-9-10-14-19(17,3)4/h15-18,20H,5-14H2,1-4H3. The Morgan fingerprint density at radius 3 is 2.35 bits per heavy atom. The molecule has 118 valence electrons. The van der Waals surface area contributed by atoms with Crippen LogP contribution in [0.3, 0.4) is 0 Å². The van der Waals surface area contributed by atoms with Crippen LogP contribution in [-0.2, 0) is 0 Å². The third-order valence-electron chi connectivity index (χ3n) is 6.42. The zero-order valence-corrected chi connectivity index (χ0v) is 14.4. The fourth-order valence-corrected chi connectivity index (χ4v) is 5.23. The van der Waals surface area contributed by atoms with Crippen LogP contribution in [0.4, 0.5) is 0 Å². The molecule has 0 bridgehead atoms. The van der Waals surface area contributed by atoms with Crippen molar-refractivity contribution in [3.8, 4) is 0 Å². The van der Waals surface area contributed by atoms with Crippen LogP contribution in [0.25, 0.3) is 0 Å². The van der Waals surface area contributed by atoms with E-state index in [0.29, 0.717) is 5.41 Å². The van der Waals surface area contributed by atoms with Crippen molar-refractivity contribution in [2.24, 2.45) is 23.2 Å². The Labute approximate surface area is 127 Å². The van der Waals surface area contributed by atoms with Gasteiger partial charge in [0.2, 0.25) is 0 Å². The van der Waals surface area contributed by atoms with Gasteiger partial charge in [0.15, 0.2) is 0 Å². The van der Waals surface area contributed by atoms with Crippen molar-refractivity contribution in [3.63, 3.8) is 0 Å². The minimum absolute atomic E-state index is 0.542. The van der Waals surface area contributed by atoms with E-state index in [1.807, 2.05) is 0 Å². The highest BCUT2D eigenvalue weighted by atomic mass is 14.9. The zero-order valence-electron chi connectivity index (χ0n) is 14.4. The molecule has 0 spiro atoms. The molecule has 2 fully saturated rings. The van der Waals surface area contributed by atoms with E-state index in [4.69, 9.17) is 0 Å². The highest BCUT2D eigenvalue weighted by molar-refractivity contribution is 4.95. The van der Waals surface area contributed by atoms with E-state index in [9.17, 15) is 0 Å². The van der Waals surface area contributed by atoms with Gasteiger partial charge in [0, 0.05) is 6.04 Å². The first-order chi connectivity index (χ1) is 9.60. The Morgan fingerprint density at radius 1 is 1.00 bits per heavy atom. The Hall–Kier alpha value is -0.0400. The van der Waals surface area contributed by atoms with Gasteiger partial charge in [-0.1, -0.05) is 66.2 Å². The molecule has 2 aliphatic carbocycles. The van der Waals surface area contributed by atoms with Gasteiger partial charge in [-0.2, -0.15) is 0 Å². The van der Waals surface area contributed by atoms with Crippen molar-refractivity contribution in [2.45, 2.75) is 91.5 Å². The third kappa shape index (κ3) is 3.59. The van der Waals surface area contributed by atoms with E-state index < -0.39 is 0 Å². The second kappa shape index (κ2) is 7.29. The van der Waals surface area contributed by atoms with Crippen molar-refractivity contribution in [1.82, 2.24) is 5.32 Å². The molecule has 0 aromatic heterocycles. The van der Waals surface area contributed by atoms with Gasteiger partial charge in [-0.3, -0.25) is 0 Å². The summed E-state index contributed by atoms with van der Waals surface area (Å²) in [5.74, 6) is 2.81. The maximum atomic E-state index is 3.94. The topological polar surface area (TPSA) is 12.0 Å². The van der Waals surface area contributed by atoms with Crippen LogP contribution in [0.15, 0.2) is 0 Å². The maximum Gasteiger partial charge on any atom is 0.0131 e. The molecule has 0 radical (unpaired) electrons. The van der Waals surface area contributed by atoms with E-state index >= 15 is 0 Å². The molecule has 2 saturated carbocycles. The molecule has 4 unspecified atom stereocenters. The molecule has 4 atom stereocenters. The number of rotatable bonds is 5. The summed E-state index contributed by atoms with van der Waals surface area (Å²) in [6.07, 6.45) is 13.1. The van der Waals surface area contributed by atoms with E-state index in [0.717, 1.165) is 30.3 Å². The summed E-state index contributed by atoms with van der Waals surface area (Å²) in [7, 11) is 0. The van der Waals surface area contributed by atoms with Gasteiger partial charge in [0.05, 0.1) is 0 Å². The summed E-state index contributed by atoms with van der Waals surface area (Å²) in [5, 5.41) is 3.94. The van der Waals surface area contributed by atoms with Crippen LogP contribution >= 0.6 is 0 Å². The Morgan fingerprint density at radius 2 is 1.70 bits per heavy atom. The molecular formula is C19H37N. The molecule has 20 heavy (non-hydrogen) atoms. The largest absolute Gasteiger partial charge is 0.314 e. The molecule has 2 rings (SSSR count). The average molecular weight is 280 g/mol. The maximum absolute atomic E-state index is 3.94. The quantitative estimate of drug-likeness (QED) is 0.710. The lowest BCUT2D eigenvalue weighted by molar-refractivity contribution is 0.0426. The summed E-state index contributed by atoms with van der Waals surface area (Å²) >= 11 is 0. The molecule has 1 heteroatoms.